The molecule has 0 bridgehead atoms. The van der Waals surface area contributed by atoms with E-state index in [-0.39, 0.29) is 0 Å². The topological polar surface area (TPSA) is 82.4 Å². The SMILES string of the molecule is COCc1cc(OC)c(-c2cn[nH]c2N)c(OC)c1. The molecule has 1 aromatic carbocycles. The van der Waals surface area contributed by atoms with Crippen LogP contribution in [-0.2, 0) is 11.3 Å². The molecule has 0 radical (unpaired) electrons. The fraction of sp³-hybridized carbons (Fsp3) is 0.308. The fourth-order valence-corrected chi connectivity index (χ4v) is 1.98. The summed E-state index contributed by atoms with van der Waals surface area (Å²) in [6, 6.07) is 3.79. The van der Waals surface area contributed by atoms with Crippen molar-refractivity contribution in [3.8, 4) is 22.6 Å². The lowest BCUT2D eigenvalue weighted by Crippen LogP contribution is -1.98. The van der Waals surface area contributed by atoms with Gasteiger partial charge in [0.05, 0.1) is 38.2 Å². The number of ether oxygens (including phenoxy) is 3. The number of benzene rings is 1. The molecule has 1 aromatic heterocycles. The zero-order valence-electron chi connectivity index (χ0n) is 11.2. The van der Waals surface area contributed by atoms with Crippen LogP contribution >= 0.6 is 0 Å². The van der Waals surface area contributed by atoms with E-state index in [9.17, 15) is 0 Å². The molecule has 6 heteroatoms. The van der Waals surface area contributed by atoms with Crippen molar-refractivity contribution < 1.29 is 14.2 Å². The number of nitrogens with zero attached hydrogens (tertiary/aromatic N) is 1. The first-order valence-electron chi connectivity index (χ1n) is 5.74. The quantitative estimate of drug-likeness (QED) is 0.859. The Kier molecular flexibility index (Phi) is 3.91. The molecular formula is C13H17N3O3. The molecule has 0 atom stereocenters. The molecule has 0 aliphatic heterocycles. The molecule has 0 spiro atoms. The fourth-order valence-electron chi connectivity index (χ4n) is 1.98. The Hall–Kier alpha value is -2.21. The molecule has 0 saturated heterocycles. The first kappa shape index (κ1) is 13.2. The van der Waals surface area contributed by atoms with Crippen molar-refractivity contribution in [1.82, 2.24) is 10.2 Å². The minimum atomic E-state index is 0.469. The maximum absolute atomic E-state index is 5.86. The van der Waals surface area contributed by atoms with Crippen LogP contribution in [0.3, 0.4) is 0 Å². The summed E-state index contributed by atoms with van der Waals surface area (Å²) in [5.41, 5.74) is 8.34. The minimum absolute atomic E-state index is 0.469. The van der Waals surface area contributed by atoms with E-state index >= 15 is 0 Å². The molecule has 0 unspecified atom stereocenters. The van der Waals surface area contributed by atoms with Gasteiger partial charge in [0.25, 0.3) is 0 Å². The lowest BCUT2D eigenvalue weighted by atomic mass is 10.0. The van der Waals surface area contributed by atoms with Crippen LogP contribution in [0.15, 0.2) is 18.3 Å². The summed E-state index contributed by atoms with van der Waals surface area (Å²) in [6.07, 6.45) is 1.64. The highest BCUT2D eigenvalue weighted by atomic mass is 16.5. The van der Waals surface area contributed by atoms with Gasteiger partial charge in [-0.05, 0) is 17.7 Å². The summed E-state index contributed by atoms with van der Waals surface area (Å²) in [6.45, 7) is 0.480. The van der Waals surface area contributed by atoms with E-state index in [0.29, 0.717) is 23.9 Å². The molecule has 19 heavy (non-hydrogen) atoms. The van der Waals surface area contributed by atoms with E-state index in [2.05, 4.69) is 10.2 Å². The predicted octanol–water partition coefficient (Wildman–Crippen LogP) is 1.82. The number of nitrogens with one attached hydrogen (secondary N) is 1. The summed E-state index contributed by atoms with van der Waals surface area (Å²) < 4.78 is 16.0. The first-order chi connectivity index (χ1) is 9.21. The highest BCUT2D eigenvalue weighted by Crippen LogP contribution is 2.41. The molecule has 102 valence electrons. The monoisotopic (exact) mass is 263 g/mol. The van der Waals surface area contributed by atoms with Gasteiger partial charge in [-0.1, -0.05) is 0 Å². The van der Waals surface area contributed by atoms with E-state index in [4.69, 9.17) is 19.9 Å². The zero-order valence-corrected chi connectivity index (χ0v) is 11.2. The van der Waals surface area contributed by atoms with E-state index < -0.39 is 0 Å². The third-order valence-corrected chi connectivity index (χ3v) is 2.81. The number of nitrogens with two attached hydrogens (primary N) is 1. The van der Waals surface area contributed by atoms with Crippen LogP contribution in [0, 0.1) is 0 Å². The molecule has 0 saturated carbocycles. The maximum atomic E-state index is 5.86. The molecule has 6 nitrogen and oxygen atoms in total. The first-order valence-corrected chi connectivity index (χ1v) is 5.74. The van der Waals surface area contributed by atoms with Crippen LogP contribution in [-0.4, -0.2) is 31.5 Å². The molecule has 0 fully saturated rings. The minimum Gasteiger partial charge on any atom is -0.496 e. The Labute approximate surface area is 111 Å². The highest BCUT2D eigenvalue weighted by Gasteiger charge is 2.18. The van der Waals surface area contributed by atoms with Crippen molar-refractivity contribution >= 4 is 5.82 Å². The smallest absolute Gasteiger partial charge is 0.130 e. The van der Waals surface area contributed by atoms with Crippen molar-refractivity contribution in [2.75, 3.05) is 27.1 Å². The molecule has 2 aromatic rings. The predicted molar refractivity (Wildman–Crippen MR) is 72.3 cm³/mol. The summed E-state index contributed by atoms with van der Waals surface area (Å²) >= 11 is 0. The zero-order chi connectivity index (χ0) is 13.8. The van der Waals surface area contributed by atoms with Crippen molar-refractivity contribution in [1.29, 1.82) is 0 Å². The maximum Gasteiger partial charge on any atom is 0.130 e. The van der Waals surface area contributed by atoms with Gasteiger partial charge >= 0.3 is 0 Å². The van der Waals surface area contributed by atoms with Gasteiger partial charge in [-0.25, -0.2) is 0 Å². The van der Waals surface area contributed by atoms with Gasteiger partial charge in [-0.2, -0.15) is 5.10 Å². The number of H-pyrrole nitrogens is 1. The molecule has 1 heterocycles. The van der Waals surface area contributed by atoms with Crippen molar-refractivity contribution in [3.63, 3.8) is 0 Å². The third-order valence-electron chi connectivity index (χ3n) is 2.81. The second kappa shape index (κ2) is 5.62. The number of hydrogen-bond donors (Lipinski definition) is 2. The van der Waals surface area contributed by atoms with Gasteiger partial charge in [0, 0.05) is 7.11 Å². The lowest BCUT2D eigenvalue weighted by molar-refractivity contribution is 0.184. The molecule has 0 aliphatic rings. The molecule has 0 amide bonds. The molecule has 3 N–H and O–H groups in total. The molecule has 0 aliphatic carbocycles. The Morgan fingerprint density at radius 3 is 2.21 bits per heavy atom. The van der Waals surface area contributed by atoms with Crippen LogP contribution in [0.4, 0.5) is 5.82 Å². The summed E-state index contributed by atoms with van der Waals surface area (Å²) in [5.74, 6) is 1.80. The summed E-state index contributed by atoms with van der Waals surface area (Å²) in [4.78, 5) is 0. The van der Waals surface area contributed by atoms with Crippen molar-refractivity contribution in [2.24, 2.45) is 0 Å². The summed E-state index contributed by atoms with van der Waals surface area (Å²) in [5, 5.41) is 6.62. The number of rotatable bonds is 5. The van der Waals surface area contributed by atoms with Gasteiger partial charge in [0.1, 0.15) is 17.3 Å². The number of aromatic nitrogens is 2. The average Bonchev–Trinajstić information content (AvgIpc) is 2.84. The Balaban J connectivity index is 2.61. The lowest BCUT2D eigenvalue weighted by Gasteiger charge is -2.14. The third kappa shape index (κ3) is 2.48. The van der Waals surface area contributed by atoms with Crippen LogP contribution in [0.1, 0.15) is 5.56 Å². The van der Waals surface area contributed by atoms with Crippen LogP contribution in [0.5, 0.6) is 11.5 Å². The van der Waals surface area contributed by atoms with Gasteiger partial charge in [-0.15, -0.1) is 0 Å². The number of methoxy groups -OCH3 is 3. The van der Waals surface area contributed by atoms with E-state index in [0.717, 1.165) is 16.7 Å². The van der Waals surface area contributed by atoms with Crippen molar-refractivity contribution in [3.05, 3.63) is 23.9 Å². The standard InChI is InChI=1S/C13H17N3O3/c1-17-7-8-4-10(18-2)12(11(5-8)19-3)9-6-15-16-13(9)14/h4-6H,7H2,1-3H3,(H3,14,15,16). The average molecular weight is 263 g/mol. The molecule has 2 rings (SSSR count). The van der Waals surface area contributed by atoms with Crippen molar-refractivity contribution in [2.45, 2.75) is 6.61 Å². The number of nitrogen functional groups attached to an aromatic ring is 1. The van der Waals surface area contributed by atoms with E-state index in [1.54, 1.807) is 27.5 Å². The Bertz CT molecular complexity index is 541. The van der Waals surface area contributed by atoms with E-state index in [1.165, 1.54) is 0 Å². The molecular weight excluding hydrogens is 246 g/mol. The number of aromatic amines is 1. The number of hydrogen-bond acceptors (Lipinski definition) is 5. The van der Waals surface area contributed by atoms with Gasteiger partial charge in [0.2, 0.25) is 0 Å². The van der Waals surface area contributed by atoms with Gasteiger partial charge in [0.15, 0.2) is 0 Å². The largest absolute Gasteiger partial charge is 0.496 e. The Morgan fingerprint density at radius 1 is 1.16 bits per heavy atom. The van der Waals surface area contributed by atoms with E-state index in [1.807, 2.05) is 12.1 Å². The number of anilines is 1. The van der Waals surface area contributed by atoms with Crippen LogP contribution < -0.4 is 15.2 Å². The second-order valence-electron chi connectivity index (χ2n) is 4.01. The summed E-state index contributed by atoms with van der Waals surface area (Å²) in [7, 11) is 4.84. The van der Waals surface area contributed by atoms with Gasteiger partial charge in [-0.3, -0.25) is 5.10 Å². The second-order valence-corrected chi connectivity index (χ2v) is 4.01. The normalized spacial score (nSPS) is 10.5. The highest BCUT2D eigenvalue weighted by molar-refractivity contribution is 5.83. The van der Waals surface area contributed by atoms with Gasteiger partial charge < -0.3 is 19.9 Å². The Morgan fingerprint density at radius 2 is 1.79 bits per heavy atom. The van der Waals surface area contributed by atoms with Crippen LogP contribution in [0.2, 0.25) is 0 Å². The van der Waals surface area contributed by atoms with Crippen LogP contribution in [0.25, 0.3) is 11.1 Å².